The van der Waals surface area contributed by atoms with E-state index in [-0.39, 0.29) is 17.9 Å². The van der Waals surface area contributed by atoms with E-state index in [1.807, 2.05) is 0 Å². The molecule has 0 bridgehead atoms. The molecule has 14 heavy (non-hydrogen) atoms. The minimum atomic E-state index is -0.302. The zero-order valence-electron chi connectivity index (χ0n) is 8.24. The van der Waals surface area contributed by atoms with E-state index in [0.29, 0.717) is 13.2 Å². The summed E-state index contributed by atoms with van der Waals surface area (Å²) >= 11 is 0. The molecule has 1 saturated carbocycles. The van der Waals surface area contributed by atoms with Crippen LogP contribution in [0.25, 0.3) is 0 Å². The highest BCUT2D eigenvalue weighted by molar-refractivity contribution is 5.75. The Morgan fingerprint density at radius 2 is 2.07 bits per heavy atom. The standard InChI is InChI=1S/C9H17N3O2/c10-8(11)12-5-7-6-13-9(14-7)3-1-2-4-9/h7H,1-6H2,(H4,10,11,12). The molecule has 5 heteroatoms. The molecule has 0 aromatic rings. The quantitative estimate of drug-likeness (QED) is 0.482. The third kappa shape index (κ3) is 1.99. The van der Waals surface area contributed by atoms with Crippen molar-refractivity contribution >= 4 is 5.96 Å². The van der Waals surface area contributed by atoms with Gasteiger partial charge in [0.05, 0.1) is 13.2 Å². The molecule has 1 atom stereocenters. The van der Waals surface area contributed by atoms with Gasteiger partial charge in [0, 0.05) is 12.8 Å². The van der Waals surface area contributed by atoms with Crippen molar-refractivity contribution in [2.45, 2.75) is 37.6 Å². The minimum Gasteiger partial charge on any atom is -0.370 e. The minimum absolute atomic E-state index is 0.0233. The van der Waals surface area contributed by atoms with Gasteiger partial charge in [-0.2, -0.15) is 0 Å². The van der Waals surface area contributed by atoms with Crippen molar-refractivity contribution in [3.63, 3.8) is 0 Å². The second-order valence-electron chi connectivity index (χ2n) is 3.93. The molecule has 0 radical (unpaired) electrons. The third-order valence-electron chi connectivity index (χ3n) is 2.76. The molecule has 0 aromatic carbocycles. The number of nitrogens with two attached hydrogens (primary N) is 2. The predicted octanol–water partition coefficient (Wildman–Crippen LogP) is -0.0545. The molecule has 1 heterocycles. The van der Waals surface area contributed by atoms with Crippen molar-refractivity contribution in [1.29, 1.82) is 0 Å². The fourth-order valence-corrected chi connectivity index (χ4v) is 2.09. The first-order valence-corrected chi connectivity index (χ1v) is 5.07. The van der Waals surface area contributed by atoms with Crippen LogP contribution in [0, 0.1) is 0 Å². The first-order chi connectivity index (χ1) is 6.70. The van der Waals surface area contributed by atoms with Gasteiger partial charge in [-0.15, -0.1) is 0 Å². The van der Waals surface area contributed by atoms with Gasteiger partial charge in [0.2, 0.25) is 0 Å². The van der Waals surface area contributed by atoms with E-state index < -0.39 is 0 Å². The van der Waals surface area contributed by atoms with Crippen LogP contribution >= 0.6 is 0 Å². The molecule has 2 fully saturated rings. The fourth-order valence-electron chi connectivity index (χ4n) is 2.09. The van der Waals surface area contributed by atoms with Crippen molar-refractivity contribution < 1.29 is 9.47 Å². The number of guanidine groups is 1. The number of hydrogen-bond acceptors (Lipinski definition) is 3. The van der Waals surface area contributed by atoms with Gasteiger partial charge in [-0.05, 0) is 12.8 Å². The third-order valence-corrected chi connectivity index (χ3v) is 2.76. The van der Waals surface area contributed by atoms with Gasteiger partial charge < -0.3 is 20.9 Å². The Morgan fingerprint density at radius 1 is 1.36 bits per heavy atom. The summed E-state index contributed by atoms with van der Waals surface area (Å²) in [5, 5.41) is 0. The van der Waals surface area contributed by atoms with Crippen LogP contribution in [0.5, 0.6) is 0 Å². The first-order valence-electron chi connectivity index (χ1n) is 5.07. The average Bonchev–Trinajstić information content (AvgIpc) is 2.74. The monoisotopic (exact) mass is 199 g/mol. The molecule has 1 spiro atoms. The lowest BCUT2D eigenvalue weighted by molar-refractivity contribution is -0.160. The van der Waals surface area contributed by atoms with Gasteiger partial charge in [0.25, 0.3) is 0 Å². The molecule has 1 unspecified atom stereocenters. The van der Waals surface area contributed by atoms with Crippen LogP contribution in [0.3, 0.4) is 0 Å². The molecule has 0 amide bonds. The lowest BCUT2D eigenvalue weighted by Gasteiger charge is -2.21. The summed E-state index contributed by atoms with van der Waals surface area (Å²) in [6, 6.07) is 0. The fraction of sp³-hybridized carbons (Fsp3) is 0.889. The summed E-state index contributed by atoms with van der Waals surface area (Å²) < 4.78 is 11.5. The molecule has 2 rings (SSSR count). The first kappa shape index (κ1) is 9.73. The molecule has 5 nitrogen and oxygen atoms in total. The summed E-state index contributed by atoms with van der Waals surface area (Å²) in [7, 11) is 0. The average molecular weight is 199 g/mol. The van der Waals surface area contributed by atoms with E-state index in [9.17, 15) is 0 Å². The Kier molecular flexibility index (Phi) is 2.60. The van der Waals surface area contributed by atoms with Crippen molar-refractivity contribution in [3.8, 4) is 0 Å². The molecular weight excluding hydrogens is 182 g/mol. The molecule has 1 aliphatic heterocycles. The number of ether oxygens (including phenoxy) is 2. The molecular formula is C9H17N3O2. The maximum absolute atomic E-state index is 5.82. The molecule has 2 aliphatic rings. The molecule has 0 aromatic heterocycles. The van der Waals surface area contributed by atoms with Crippen LogP contribution in [0.4, 0.5) is 0 Å². The van der Waals surface area contributed by atoms with Crippen molar-refractivity contribution in [1.82, 2.24) is 0 Å². The second kappa shape index (κ2) is 3.74. The zero-order chi connectivity index (χ0) is 10.0. The highest BCUT2D eigenvalue weighted by Crippen LogP contribution is 2.39. The van der Waals surface area contributed by atoms with Crippen molar-refractivity contribution in [2.24, 2.45) is 16.5 Å². The van der Waals surface area contributed by atoms with E-state index >= 15 is 0 Å². The normalized spacial score (nSPS) is 29.6. The number of aliphatic imine (C=N–C) groups is 1. The van der Waals surface area contributed by atoms with Crippen molar-refractivity contribution in [3.05, 3.63) is 0 Å². The van der Waals surface area contributed by atoms with Crippen LogP contribution in [-0.2, 0) is 9.47 Å². The van der Waals surface area contributed by atoms with Gasteiger partial charge in [0.15, 0.2) is 11.7 Å². The van der Waals surface area contributed by atoms with Crippen LogP contribution in [0.1, 0.15) is 25.7 Å². The summed E-state index contributed by atoms with van der Waals surface area (Å²) in [5.41, 5.74) is 10.5. The Balaban J connectivity index is 1.85. The molecule has 80 valence electrons. The van der Waals surface area contributed by atoms with E-state index in [4.69, 9.17) is 20.9 Å². The molecule has 1 saturated heterocycles. The molecule has 4 N–H and O–H groups in total. The van der Waals surface area contributed by atoms with Gasteiger partial charge in [-0.1, -0.05) is 0 Å². The number of hydrogen-bond donors (Lipinski definition) is 2. The summed E-state index contributed by atoms with van der Waals surface area (Å²) in [5.74, 6) is -0.190. The summed E-state index contributed by atoms with van der Waals surface area (Å²) in [4.78, 5) is 3.93. The lowest BCUT2D eigenvalue weighted by atomic mass is 10.2. The van der Waals surface area contributed by atoms with Crippen LogP contribution < -0.4 is 11.5 Å². The zero-order valence-corrected chi connectivity index (χ0v) is 8.24. The lowest BCUT2D eigenvalue weighted by Crippen LogP contribution is -2.28. The predicted molar refractivity (Wildman–Crippen MR) is 52.7 cm³/mol. The van der Waals surface area contributed by atoms with E-state index in [1.54, 1.807) is 0 Å². The maximum atomic E-state index is 5.82. The van der Waals surface area contributed by atoms with Gasteiger partial charge in [-0.3, -0.25) is 4.99 Å². The van der Waals surface area contributed by atoms with E-state index in [0.717, 1.165) is 12.8 Å². The SMILES string of the molecule is NC(N)=NCC1COC2(CCCC2)O1. The Bertz CT molecular complexity index is 232. The van der Waals surface area contributed by atoms with Crippen LogP contribution in [-0.4, -0.2) is 31.0 Å². The number of rotatable bonds is 2. The van der Waals surface area contributed by atoms with Crippen molar-refractivity contribution in [2.75, 3.05) is 13.2 Å². The summed E-state index contributed by atoms with van der Waals surface area (Å²) in [6.45, 7) is 1.11. The topological polar surface area (TPSA) is 82.9 Å². The van der Waals surface area contributed by atoms with Gasteiger partial charge in [0.1, 0.15) is 6.10 Å². The Hall–Kier alpha value is -0.810. The highest BCUT2D eigenvalue weighted by atomic mass is 16.7. The largest absolute Gasteiger partial charge is 0.370 e. The highest BCUT2D eigenvalue weighted by Gasteiger charge is 2.43. The van der Waals surface area contributed by atoms with Gasteiger partial charge >= 0.3 is 0 Å². The van der Waals surface area contributed by atoms with E-state index in [1.165, 1.54) is 12.8 Å². The smallest absolute Gasteiger partial charge is 0.186 e. The van der Waals surface area contributed by atoms with Gasteiger partial charge in [-0.25, -0.2) is 0 Å². The summed E-state index contributed by atoms with van der Waals surface area (Å²) in [6.07, 6.45) is 4.41. The molecule has 1 aliphatic carbocycles. The Labute approximate surface area is 83.4 Å². The Morgan fingerprint density at radius 3 is 2.71 bits per heavy atom. The second-order valence-corrected chi connectivity index (χ2v) is 3.93. The van der Waals surface area contributed by atoms with Crippen LogP contribution in [0.15, 0.2) is 4.99 Å². The number of nitrogens with zero attached hydrogens (tertiary/aromatic N) is 1. The van der Waals surface area contributed by atoms with Crippen LogP contribution in [0.2, 0.25) is 0 Å². The maximum Gasteiger partial charge on any atom is 0.186 e. The van der Waals surface area contributed by atoms with E-state index in [2.05, 4.69) is 4.99 Å².